The molecule has 1 heterocycles. The van der Waals surface area contributed by atoms with E-state index in [4.69, 9.17) is 27.9 Å². The van der Waals surface area contributed by atoms with Crippen LogP contribution in [0, 0.1) is 5.92 Å². The van der Waals surface area contributed by atoms with E-state index in [-0.39, 0.29) is 11.9 Å². The number of hydrogen-bond donors (Lipinski definition) is 1. The van der Waals surface area contributed by atoms with Crippen molar-refractivity contribution < 1.29 is 14.3 Å². The van der Waals surface area contributed by atoms with E-state index in [9.17, 15) is 9.59 Å². The van der Waals surface area contributed by atoms with Crippen LogP contribution in [0.4, 0.5) is 4.79 Å². The van der Waals surface area contributed by atoms with Gasteiger partial charge in [0.05, 0.1) is 16.7 Å². The van der Waals surface area contributed by atoms with Crippen molar-refractivity contribution in [1.29, 1.82) is 0 Å². The van der Waals surface area contributed by atoms with Crippen LogP contribution < -0.4 is 5.32 Å². The Kier molecular flexibility index (Phi) is 6.75. The Bertz CT molecular complexity index is 599. The molecule has 1 aliphatic heterocycles. The molecule has 7 heteroatoms. The summed E-state index contributed by atoms with van der Waals surface area (Å²) in [6, 6.07) is 4.91. The minimum atomic E-state index is -0.391. The molecule has 0 atom stereocenters. The summed E-state index contributed by atoms with van der Waals surface area (Å²) in [5.74, 6) is 0.232. The minimum Gasteiger partial charge on any atom is -0.449 e. The van der Waals surface area contributed by atoms with Crippen molar-refractivity contribution in [2.45, 2.75) is 32.7 Å². The van der Waals surface area contributed by atoms with Gasteiger partial charge in [-0.2, -0.15) is 0 Å². The maximum atomic E-state index is 12.5. The van der Waals surface area contributed by atoms with E-state index in [0.29, 0.717) is 54.1 Å². The molecule has 2 rings (SSSR count). The zero-order valence-electron chi connectivity index (χ0n) is 13.9. The third kappa shape index (κ3) is 5.28. The van der Waals surface area contributed by atoms with E-state index in [1.165, 1.54) is 0 Å². The van der Waals surface area contributed by atoms with Crippen LogP contribution in [0.2, 0.25) is 10.0 Å². The SMILES string of the molecule is CC(C)COC(=O)NC1CCN(C(=O)c2ccc(Cl)c(Cl)c2)CC1. The number of carbonyl (C=O) groups excluding carboxylic acids is 2. The van der Waals surface area contributed by atoms with Gasteiger partial charge in [0.1, 0.15) is 0 Å². The predicted octanol–water partition coefficient (Wildman–Crippen LogP) is 3.98. The van der Waals surface area contributed by atoms with E-state index in [0.717, 1.165) is 0 Å². The second-order valence-electron chi connectivity index (χ2n) is 6.33. The van der Waals surface area contributed by atoms with Crippen LogP contribution in [0.1, 0.15) is 37.0 Å². The number of hydrogen-bond acceptors (Lipinski definition) is 3. The van der Waals surface area contributed by atoms with Crippen LogP contribution in [-0.4, -0.2) is 42.6 Å². The highest BCUT2D eigenvalue weighted by molar-refractivity contribution is 6.42. The van der Waals surface area contributed by atoms with E-state index in [2.05, 4.69) is 5.32 Å². The number of amides is 2. The molecule has 0 bridgehead atoms. The van der Waals surface area contributed by atoms with Crippen LogP contribution in [-0.2, 0) is 4.74 Å². The first-order chi connectivity index (χ1) is 11.4. The summed E-state index contributed by atoms with van der Waals surface area (Å²) in [6.45, 7) is 5.53. The van der Waals surface area contributed by atoms with Gasteiger partial charge in [0.25, 0.3) is 5.91 Å². The third-order valence-corrected chi connectivity index (χ3v) is 4.56. The van der Waals surface area contributed by atoms with Gasteiger partial charge in [-0.05, 0) is 37.0 Å². The molecule has 24 heavy (non-hydrogen) atoms. The van der Waals surface area contributed by atoms with Gasteiger partial charge in [-0.3, -0.25) is 4.79 Å². The Morgan fingerprint density at radius 1 is 1.25 bits per heavy atom. The molecule has 5 nitrogen and oxygen atoms in total. The number of nitrogens with zero attached hydrogens (tertiary/aromatic N) is 1. The van der Waals surface area contributed by atoms with Gasteiger partial charge in [0.2, 0.25) is 0 Å². The quantitative estimate of drug-likeness (QED) is 0.869. The first-order valence-corrected chi connectivity index (χ1v) is 8.80. The van der Waals surface area contributed by atoms with Gasteiger partial charge in [0.15, 0.2) is 0 Å². The van der Waals surface area contributed by atoms with Crippen molar-refractivity contribution in [3.8, 4) is 0 Å². The average Bonchev–Trinajstić information content (AvgIpc) is 2.55. The largest absolute Gasteiger partial charge is 0.449 e. The Labute approximate surface area is 152 Å². The topological polar surface area (TPSA) is 58.6 Å². The summed E-state index contributed by atoms with van der Waals surface area (Å²) in [5, 5.41) is 3.65. The molecule has 1 saturated heterocycles. The van der Waals surface area contributed by atoms with E-state index < -0.39 is 6.09 Å². The summed E-state index contributed by atoms with van der Waals surface area (Å²) >= 11 is 11.8. The molecule has 0 spiro atoms. The maximum absolute atomic E-state index is 12.5. The van der Waals surface area contributed by atoms with E-state index in [1.807, 2.05) is 13.8 Å². The fourth-order valence-corrected chi connectivity index (χ4v) is 2.79. The number of nitrogens with one attached hydrogen (secondary N) is 1. The van der Waals surface area contributed by atoms with Crippen molar-refractivity contribution in [3.05, 3.63) is 33.8 Å². The smallest absolute Gasteiger partial charge is 0.407 e. The molecular weight excluding hydrogens is 351 g/mol. The Hall–Kier alpha value is -1.46. The van der Waals surface area contributed by atoms with Gasteiger partial charge in [-0.1, -0.05) is 37.0 Å². The van der Waals surface area contributed by atoms with E-state index >= 15 is 0 Å². The number of halogens is 2. The fraction of sp³-hybridized carbons (Fsp3) is 0.529. The highest BCUT2D eigenvalue weighted by Crippen LogP contribution is 2.24. The van der Waals surface area contributed by atoms with Gasteiger partial charge in [0, 0.05) is 24.7 Å². The van der Waals surface area contributed by atoms with E-state index in [1.54, 1.807) is 23.1 Å². The molecule has 0 aromatic heterocycles. The monoisotopic (exact) mass is 372 g/mol. The van der Waals surface area contributed by atoms with Crippen LogP contribution >= 0.6 is 23.2 Å². The number of likely N-dealkylation sites (tertiary alicyclic amines) is 1. The zero-order valence-corrected chi connectivity index (χ0v) is 15.4. The molecule has 1 aromatic carbocycles. The van der Waals surface area contributed by atoms with Crippen molar-refractivity contribution >= 4 is 35.2 Å². The molecule has 1 N–H and O–H groups in total. The molecule has 0 radical (unpaired) electrons. The molecule has 0 aliphatic carbocycles. The molecule has 0 saturated carbocycles. The van der Waals surface area contributed by atoms with Crippen molar-refractivity contribution in [2.24, 2.45) is 5.92 Å². The van der Waals surface area contributed by atoms with Crippen LogP contribution in [0.25, 0.3) is 0 Å². The molecule has 1 aliphatic rings. The Morgan fingerprint density at radius 2 is 1.92 bits per heavy atom. The summed E-state index contributed by atoms with van der Waals surface area (Å²) in [5.41, 5.74) is 0.521. The van der Waals surface area contributed by atoms with Crippen LogP contribution in [0.5, 0.6) is 0 Å². The summed E-state index contributed by atoms with van der Waals surface area (Å²) in [6.07, 6.45) is 1.01. The first kappa shape index (κ1) is 18.9. The van der Waals surface area contributed by atoms with Crippen molar-refractivity contribution in [3.63, 3.8) is 0 Å². The number of rotatable bonds is 4. The van der Waals surface area contributed by atoms with Crippen molar-refractivity contribution in [2.75, 3.05) is 19.7 Å². The minimum absolute atomic E-state index is 0.0301. The fourth-order valence-electron chi connectivity index (χ4n) is 2.49. The highest BCUT2D eigenvalue weighted by atomic mass is 35.5. The first-order valence-electron chi connectivity index (χ1n) is 8.04. The number of benzene rings is 1. The average molecular weight is 373 g/mol. The van der Waals surface area contributed by atoms with Crippen LogP contribution in [0.15, 0.2) is 18.2 Å². The normalized spacial score (nSPS) is 15.5. The summed E-state index contributed by atoms with van der Waals surface area (Å²) in [4.78, 5) is 25.9. The number of piperidine rings is 1. The van der Waals surface area contributed by atoms with Crippen LogP contribution in [0.3, 0.4) is 0 Å². The Morgan fingerprint density at radius 3 is 2.50 bits per heavy atom. The second-order valence-corrected chi connectivity index (χ2v) is 7.15. The van der Waals surface area contributed by atoms with Gasteiger partial charge in [-0.15, -0.1) is 0 Å². The lowest BCUT2D eigenvalue weighted by molar-refractivity contribution is 0.0700. The Balaban J connectivity index is 1.82. The molecule has 1 aromatic rings. The van der Waals surface area contributed by atoms with Gasteiger partial charge >= 0.3 is 6.09 Å². The zero-order chi connectivity index (χ0) is 17.7. The number of alkyl carbamates (subject to hydrolysis) is 1. The lowest BCUT2D eigenvalue weighted by atomic mass is 10.0. The number of ether oxygens (including phenoxy) is 1. The van der Waals surface area contributed by atoms with Gasteiger partial charge in [-0.25, -0.2) is 4.79 Å². The third-order valence-electron chi connectivity index (χ3n) is 3.82. The van der Waals surface area contributed by atoms with Gasteiger partial charge < -0.3 is 15.0 Å². The summed E-state index contributed by atoms with van der Waals surface area (Å²) in [7, 11) is 0. The van der Waals surface area contributed by atoms with Crippen molar-refractivity contribution in [1.82, 2.24) is 10.2 Å². The summed E-state index contributed by atoms with van der Waals surface area (Å²) < 4.78 is 5.12. The predicted molar refractivity (Wildman–Crippen MR) is 94.7 cm³/mol. The molecule has 1 fully saturated rings. The molecular formula is C17H22Cl2N2O3. The lowest BCUT2D eigenvalue weighted by Crippen LogP contribution is -2.46. The molecule has 132 valence electrons. The molecule has 2 amide bonds. The maximum Gasteiger partial charge on any atom is 0.407 e. The highest BCUT2D eigenvalue weighted by Gasteiger charge is 2.25. The standard InChI is InChI=1S/C17H22Cl2N2O3/c1-11(2)10-24-17(23)20-13-5-7-21(8-6-13)16(22)12-3-4-14(18)15(19)9-12/h3-4,9,11,13H,5-8,10H2,1-2H3,(H,20,23). The molecule has 0 unspecified atom stereocenters. The lowest BCUT2D eigenvalue weighted by Gasteiger charge is -2.32. The second kappa shape index (κ2) is 8.58. The number of carbonyl (C=O) groups is 2.